The van der Waals surface area contributed by atoms with Crippen molar-refractivity contribution in [1.29, 1.82) is 0 Å². The van der Waals surface area contributed by atoms with Gasteiger partial charge in [0.15, 0.2) is 0 Å². The number of anilines is 1. The van der Waals surface area contributed by atoms with E-state index in [1.807, 2.05) is 12.1 Å². The van der Waals surface area contributed by atoms with Crippen LogP contribution in [0.15, 0.2) is 36.4 Å². The van der Waals surface area contributed by atoms with Crippen LogP contribution in [0.4, 0.5) is 14.5 Å². The molecule has 0 saturated heterocycles. The second-order valence-electron chi connectivity index (χ2n) is 7.80. The Hall–Kier alpha value is -3.22. The Balaban J connectivity index is 1.83. The summed E-state index contributed by atoms with van der Waals surface area (Å²) in [7, 11) is 0. The van der Waals surface area contributed by atoms with E-state index in [2.05, 4.69) is 5.32 Å². The van der Waals surface area contributed by atoms with Crippen molar-refractivity contribution in [2.75, 3.05) is 5.32 Å². The fourth-order valence-corrected chi connectivity index (χ4v) is 4.54. The number of nitrogens with one attached hydrogen (secondary N) is 1. The van der Waals surface area contributed by atoms with Gasteiger partial charge >= 0.3 is 5.97 Å². The van der Waals surface area contributed by atoms with Crippen LogP contribution in [0.5, 0.6) is 0 Å². The molecule has 0 fully saturated rings. The Bertz CT molecular complexity index is 1140. The topological polar surface area (TPSA) is 71.3 Å². The zero-order valence-electron chi connectivity index (χ0n) is 16.5. The molecule has 7 heteroatoms. The van der Waals surface area contributed by atoms with Crippen molar-refractivity contribution >= 4 is 28.5 Å². The number of aromatic nitrogens is 1. The Morgan fingerprint density at radius 1 is 1.20 bits per heavy atom. The lowest BCUT2D eigenvalue weighted by atomic mass is 9.84. The molecule has 2 N–H and O–H groups in total. The number of aryl methyl sites for hydroxylation is 1. The Morgan fingerprint density at radius 3 is 2.60 bits per heavy atom. The first-order valence-electron chi connectivity index (χ1n) is 9.92. The predicted octanol–water partition coefficient (Wildman–Crippen LogP) is 4.82. The molecule has 1 amide bonds. The third-order valence-corrected chi connectivity index (χ3v) is 5.63. The van der Waals surface area contributed by atoms with E-state index < -0.39 is 17.6 Å². The highest BCUT2D eigenvalue weighted by atomic mass is 19.1. The first-order valence-corrected chi connectivity index (χ1v) is 9.92. The minimum atomic E-state index is -0.907. The van der Waals surface area contributed by atoms with E-state index in [4.69, 9.17) is 0 Å². The standard InChI is InChI=1S/C23H22F2N2O3/c1-13(28)26-17-7-5-14(6-8-17)12-27-22-15(9-21(29)30)3-2-4-18(22)19-10-16(24)11-20(25)23(19)27/h5-8,10-11,15H,2-4,9,12H2,1H3,(H,26,28)(H,29,30). The molecule has 1 aromatic heterocycles. The molecule has 0 saturated carbocycles. The Morgan fingerprint density at radius 2 is 1.93 bits per heavy atom. The van der Waals surface area contributed by atoms with Crippen LogP contribution in [0.2, 0.25) is 0 Å². The Labute approximate surface area is 172 Å². The van der Waals surface area contributed by atoms with Crippen molar-refractivity contribution in [2.24, 2.45) is 0 Å². The zero-order chi connectivity index (χ0) is 21.4. The van der Waals surface area contributed by atoms with Crippen LogP contribution in [0.3, 0.4) is 0 Å². The maximum atomic E-state index is 14.9. The number of aliphatic carboxylic acids is 1. The SMILES string of the molecule is CC(=O)Nc1ccc(Cn2c3c(c4cc(F)cc(F)c42)CCCC3CC(=O)O)cc1. The minimum Gasteiger partial charge on any atom is -0.481 e. The smallest absolute Gasteiger partial charge is 0.304 e. The number of carbonyl (C=O) groups is 2. The maximum Gasteiger partial charge on any atom is 0.304 e. The second kappa shape index (κ2) is 7.89. The van der Waals surface area contributed by atoms with Gasteiger partial charge in [-0.25, -0.2) is 8.78 Å². The molecule has 30 heavy (non-hydrogen) atoms. The number of rotatable bonds is 5. The van der Waals surface area contributed by atoms with E-state index in [1.165, 1.54) is 13.0 Å². The van der Waals surface area contributed by atoms with Crippen LogP contribution >= 0.6 is 0 Å². The third kappa shape index (κ3) is 3.79. The summed E-state index contributed by atoms with van der Waals surface area (Å²) < 4.78 is 30.7. The van der Waals surface area contributed by atoms with E-state index in [9.17, 15) is 23.5 Å². The fourth-order valence-electron chi connectivity index (χ4n) is 4.54. The molecular weight excluding hydrogens is 390 g/mol. The van der Waals surface area contributed by atoms with E-state index in [0.29, 0.717) is 36.0 Å². The number of hydrogen-bond donors (Lipinski definition) is 2. The first kappa shape index (κ1) is 20.1. The van der Waals surface area contributed by atoms with Gasteiger partial charge in [-0.2, -0.15) is 0 Å². The predicted molar refractivity (Wildman–Crippen MR) is 110 cm³/mol. The third-order valence-electron chi connectivity index (χ3n) is 5.63. The van der Waals surface area contributed by atoms with Gasteiger partial charge in [0, 0.05) is 42.2 Å². The number of carboxylic acid groups (broad SMARTS) is 1. The summed E-state index contributed by atoms with van der Waals surface area (Å²) in [6.07, 6.45) is 2.10. The fraction of sp³-hybridized carbons (Fsp3) is 0.304. The monoisotopic (exact) mass is 412 g/mol. The normalized spacial score (nSPS) is 15.8. The van der Waals surface area contributed by atoms with Crippen LogP contribution in [0.1, 0.15) is 48.9 Å². The summed E-state index contributed by atoms with van der Waals surface area (Å²) in [6, 6.07) is 9.41. The molecule has 2 aromatic carbocycles. The van der Waals surface area contributed by atoms with Gasteiger partial charge < -0.3 is 15.0 Å². The van der Waals surface area contributed by atoms with Gasteiger partial charge in [0.25, 0.3) is 0 Å². The van der Waals surface area contributed by atoms with Gasteiger partial charge in [-0.1, -0.05) is 12.1 Å². The number of amides is 1. The van der Waals surface area contributed by atoms with Gasteiger partial charge in [0.1, 0.15) is 11.6 Å². The molecule has 1 unspecified atom stereocenters. The van der Waals surface area contributed by atoms with Crippen molar-refractivity contribution in [3.63, 3.8) is 0 Å². The lowest BCUT2D eigenvalue weighted by Crippen LogP contribution is -2.17. The molecule has 1 heterocycles. The van der Waals surface area contributed by atoms with E-state index >= 15 is 0 Å². The molecular formula is C23H22F2N2O3. The average Bonchev–Trinajstić information content (AvgIpc) is 2.97. The van der Waals surface area contributed by atoms with Crippen LogP contribution in [0.25, 0.3) is 10.9 Å². The average molecular weight is 412 g/mol. The maximum absolute atomic E-state index is 14.9. The van der Waals surface area contributed by atoms with Crippen LogP contribution in [0, 0.1) is 11.6 Å². The van der Waals surface area contributed by atoms with E-state index in [-0.39, 0.29) is 18.2 Å². The molecule has 1 aliphatic rings. The van der Waals surface area contributed by atoms with Gasteiger partial charge in [-0.3, -0.25) is 9.59 Å². The summed E-state index contributed by atoms with van der Waals surface area (Å²) in [5.41, 5.74) is 3.46. The first-order chi connectivity index (χ1) is 14.3. The number of carbonyl (C=O) groups excluding carboxylic acids is 1. The highest BCUT2D eigenvalue weighted by Gasteiger charge is 2.30. The molecule has 0 spiro atoms. The molecule has 3 aromatic rings. The molecule has 1 aliphatic carbocycles. The number of hydrogen-bond acceptors (Lipinski definition) is 2. The van der Waals surface area contributed by atoms with Crippen molar-refractivity contribution in [1.82, 2.24) is 4.57 Å². The number of benzene rings is 2. The minimum absolute atomic E-state index is 0.0467. The molecule has 4 rings (SSSR count). The highest BCUT2D eigenvalue weighted by molar-refractivity contribution is 5.89. The van der Waals surface area contributed by atoms with Gasteiger partial charge in [0.2, 0.25) is 5.91 Å². The van der Waals surface area contributed by atoms with Crippen molar-refractivity contribution in [3.05, 3.63) is 64.9 Å². The molecule has 5 nitrogen and oxygen atoms in total. The van der Waals surface area contributed by atoms with Crippen molar-refractivity contribution in [2.45, 2.75) is 45.1 Å². The summed E-state index contributed by atoms with van der Waals surface area (Å²) in [5.74, 6) is -2.62. The summed E-state index contributed by atoms with van der Waals surface area (Å²) in [6.45, 7) is 1.75. The number of halogens is 2. The molecule has 1 atom stereocenters. The molecule has 156 valence electrons. The van der Waals surface area contributed by atoms with Crippen LogP contribution in [-0.2, 0) is 22.6 Å². The van der Waals surface area contributed by atoms with E-state index in [0.717, 1.165) is 29.3 Å². The number of fused-ring (bicyclic) bond motifs is 3. The molecule has 0 bridgehead atoms. The lowest BCUT2D eigenvalue weighted by Gasteiger charge is -2.24. The van der Waals surface area contributed by atoms with E-state index in [1.54, 1.807) is 16.7 Å². The van der Waals surface area contributed by atoms with Crippen LogP contribution in [-0.4, -0.2) is 21.6 Å². The number of carboxylic acids is 1. The molecule has 0 aliphatic heterocycles. The molecule has 0 radical (unpaired) electrons. The zero-order valence-corrected chi connectivity index (χ0v) is 16.5. The largest absolute Gasteiger partial charge is 0.481 e. The van der Waals surface area contributed by atoms with Crippen molar-refractivity contribution < 1.29 is 23.5 Å². The Kier molecular flexibility index (Phi) is 5.28. The van der Waals surface area contributed by atoms with Gasteiger partial charge in [-0.15, -0.1) is 0 Å². The lowest BCUT2D eigenvalue weighted by molar-refractivity contribution is -0.137. The number of nitrogens with zero attached hydrogens (tertiary/aromatic N) is 1. The van der Waals surface area contributed by atoms with Crippen molar-refractivity contribution in [3.8, 4) is 0 Å². The van der Waals surface area contributed by atoms with Gasteiger partial charge in [-0.05, 0) is 48.6 Å². The quantitative estimate of drug-likeness (QED) is 0.631. The summed E-state index contributed by atoms with van der Waals surface area (Å²) in [4.78, 5) is 22.6. The second-order valence-corrected chi connectivity index (χ2v) is 7.80. The summed E-state index contributed by atoms with van der Waals surface area (Å²) >= 11 is 0. The van der Waals surface area contributed by atoms with Gasteiger partial charge in [0.05, 0.1) is 11.9 Å². The highest BCUT2D eigenvalue weighted by Crippen LogP contribution is 2.41. The van der Waals surface area contributed by atoms with Crippen LogP contribution < -0.4 is 5.32 Å². The summed E-state index contributed by atoms with van der Waals surface area (Å²) in [5, 5.41) is 12.6.